The molecule has 0 radical (unpaired) electrons. The Kier molecular flexibility index (Phi) is 2.86. The largest absolute Gasteiger partial charge is 0.292 e. The van der Waals surface area contributed by atoms with E-state index in [1.165, 1.54) is 11.3 Å². The van der Waals surface area contributed by atoms with Crippen LogP contribution in [0, 0.1) is 6.92 Å². The van der Waals surface area contributed by atoms with Crippen LogP contribution in [0.3, 0.4) is 0 Å². The molecule has 0 saturated carbocycles. The summed E-state index contributed by atoms with van der Waals surface area (Å²) in [5, 5.41) is 0. The summed E-state index contributed by atoms with van der Waals surface area (Å²) in [6.45, 7) is 1.89. The normalized spacial score (nSPS) is 10.3. The molecule has 3 N–H and O–H groups in total. The van der Waals surface area contributed by atoms with Crippen molar-refractivity contribution in [1.82, 2.24) is 9.97 Å². The van der Waals surface area contributed by atoms with Crippen molar-refractivity contribution in [2.75, 3.05) is 5.43 Å². The van der Waals surface area contributed by atoms with Crippen molar-refractivity contribution in [1.29, 1.82) is 0 Å². The lowest BCUT2D eigenvalue weighted by Gasteiger charge is -2.02. The van der Waals surface area contributed by atoms with Crippen molar-refractivity contribution < 1.29 is 0 Å². The van der Waals surface area contributed by atoms with Gasteiger partial charge in [0.2, 0.25) is 5.95 Å². The van der Waals surface area contributed by atoms with Crippen LogP contribution in [-0.2, 0) is 0 Å². The molecule has 2 rings (SSSR count). The average molecular weight is 241 g/mol. The summed E-state index contributed by atoms with van der Waals surface area (Å²) in [5.41, 5.74) is 4.12. The van der Waals surface area contributed by atoms with Gasteiger partial charge in [0.05, 0.1) is 14.9 Å². The van der Waals surface area contributed by atoms with Gasteiger partial charge in [-0.1, -0.05) is 11.6 Å². The summed E-state index contributed by atoms with van der Waals surface area (Å²) in [4.78, 5) is 9.35. The number of anilines is 1. The van der Waals surface area contributed by atoms with Crippen molar-refractivity contribution in [3.8, 4) is 10.6 Å². The molecular weight excluding hydrogens is 232 g/mol. The molecular formula is C9H9ClN4S. The number of nitrogens with zero attached hydrogens (tertiary/aromatic N) is 2. The minimum atomic E-state index is 0.412. The number of hydrogen-bond donors (Lipinski definition) is 2. The first-order valence-corrected chi connectivity index (χ1v) is 5.46. The molecule has 2 aromatic rings. The maximum Gasteiger partial charge on any atom is 0.237 e. The molecule has 0 fully saturated rings. The van der Waals surface area contributed by atoms with Gasteiger partial charge in [0, 0.05) is 5.69 Å². The third-order valence-corrected chi connectivity index (χ3v) is 3.06. The molecule has 15 heavy (non-hydrogen) atoms. The SMILES string of the molecule is Cc1cc(-c2ccc(Cl)s2)nc(NN)n1. The molecule has 0 amide bonds. The van der Waals surface area contributed by atoms with Crippen LogP contribution in [0.5, 0.6) is 0 Å². The van der Waals surface area contributed by atoms with Gasteiger partial charge < -0.3 is 0 Å². The van der Waals surface area contributed by atoms with Crippen LogP contribution in [-0.4, -0.2) is 9.97 Å². The molecule has 6 heteroatoms. The molecule has 0 bridgehead atoms. The highest BCUT2D eigenvalue weighted by molar-refractivity contribution is 7.19. The van der Waals surface area contributed by atoms with E-state index in [0.29, 0.717) is 5.95 Å². The first-order valence-electron chi connectivity index (χ1n) is 4.27. The van der Waals surface area contributed by atoms with Gasteiger partial charge in [-0.2, -0.15) is 0 Å². The van der Waals surface area contributed by atoms with Crippen molar-refractivity contribution in [3.63, 3.8) is 0 Å². The van der Waals surface area contributed by atoms with Crippen LogP contribution < -0.4 is 11.3 Å². The number of halogens is 1. The molecule has 0 aliphatic heterocycles. The van der Waals surface area contributed by atoms with Gasteiger partial charge in [-0.05, 0) is 25.1 Å². The Morgan fingerprint density at radius 3 is 2.80 bits per heavy atom. The molecule has 0 aliphatic carbocycles. The van der Waals surface area contributed by atoms with Crippen LogP contribution in [0.15, 0.2) is 18.2 Å². The zero-order valence-electron chi connectivity index (χ0n) is 7.99. The van der Waals surface area contributed by atoms with Gasteiger partial charge in [0.1, 0.15) is 0 Å². The molecule has 2 heterocycles. The lowest BCUT2D eigenvalue weighted by atomic mass is 10.3. The summed E-state index contributed by atoms with van der Waals surface area (Å²) in [5.74, 6) is 5.68. The average Bonchev–Trinajstić information content (AvgIpc) is 2.64. The number of hydrogen-bond acceptors (Lipinski definition) is 5. The number of thiophene rings is 1. The maximum absolute atomic E-state index is 5.86. The fourth-order valence-corrected chi connectivity index (χ4v) is 2.22. The van der Waals surface area contributed by atoms with Gasteiger partial charge in [0.15, 0.2) is 0 Å². The Bertz CT molecular complexity index is 483. The molecule has 78 valence electrons. The molecule has 0 atom stereocenters. The van der Waals surface area contributed by atoms with E-state index in [0.717, 1.165) is 20.6 Å². The van der Waals surface area contributed by atoms with E-state index < -0.39 is 0 Å². The molecule has 0 aliphatic rings. The number of rotatable bonds is 2. The molecule has 0 aromatic carbocycles. The zero-order valence-corrected chi connectivity index (χ0v) is 9.56. The monoisotopic (exact) mass is 240 g/mol. The Balaban J connectivity index is 2.48. The van der Waals surface area contributed by atoms with Crippen molar-refractivity contribution in [2.45, 2.75) is 6.92 Å². The Labute approximate surface area is 96.1 Å². The third kappa shape index (κ3) is 2.26. The fraction of sp³-hybridized carbons (Fsp3) is 0.111. The number of aromatic nitrogens is 2. The molecule has 0 unspecified atom stereocenters. The van der Waals surface area contributed by atoms with Gasteiger partial charge in [-0.3, -0.25) is 5.43 Å². The Morgan fingerprint density at radius 1 is 1.40 bits per heavy atom. The van der Waals surface area contributed by atoms with Gasteiger partial charge in [-0.25, -0.2) is 15.8 Å². The van der Waals surface area contributed by atoms with Crippen molar-refractivity contribution in [3.05, 3.63) is 28.2 Å². The van der Waals surface area contributed by atoms with Crippen LogP contribution >= 0.6 is 22.9 Å². The molecule has 0 saturated heterocycles. The van der Waals surface area contributed by atoms with E-state index in [-0.39, 0.29) is 0 Å². The number of nitrogens with two attached hydrogens (primary N) is 1. The van der Waals surface area contributed by atoms with Crippen LogP contribution in [0.25, 0.3) is 10.6 Å². The summed E-state index contributed by atoms with van der Waals surface area (Å²) in [7, 11) is 0. The molecule has 2 aromatic heterocycles. The van der Waals surface area contributed by atoms with E-state index in [2.05, 4.69) is 15.4 Å². The van der Waals surface area contributed by atoms with Crippen LogP contribution in [0.2, 0.25) is 4.34 Å². The number of aryl methyl sites for hydroxylation is 1. The predicted octanol–water partition coefficient (Wildman–Crippen LogP) is 2.45. The smallest absolute Gasteiger partial charge is 0.237 e. The first kappa shape index (κ1) is 10.4. The van der Waals surface area contributed by atoms with E-state index in [9.17, 15) is 0 Å². The highest BCUT2D eigenvalue weighted by atomic mass is 35.5. The summed E-state index contributed by atoms with van der Waals surface area (Å²) in [6, 6.07) is 5.66. The highest BCUT2D eigenvalue weighted by Gasteiger charge is 2.06. The van der Waals surface area contributed by atoms with Gasteiger partial charge >= 0.3 is 0 Å². The topological polar surface area (TPSA) is 63.8 Å². The molecule has 4 nitrogen and oxygen atoms in total. The van der Waals surface area contributed by atoms with E-state index >= 15 is 0 Å². The van der Waals surface area contributed by atoms with Gasteiger partial charge in [0.25, 0.3) is 0 Å². The number of nitrogens with one attached hydrogen (secondary N) is 1. The van der Waals surface area contributed by atoms with Crippen LogP contribution in [0.4, 0.5) is 5.95 Å². The van der Waals surface area contributed by atoms with Crippen molar-refractivity contribution in [2.24, 2.45) is 5.84 Å². The lowest BCUT2D eigenvalue weighted by molar-refractivity contribution is 1.08. The quantitative estimate of drug-likeness (QED) is 0.625. The third-order valence-electron chi connectivity index (χ3n) is 1.81. The maximum atomic E-state index is 5.86. The highest BCUT2D eigenvalue weighted by Crippen LogP contribution is 2.30. The van der Waals surface area contributed by atoms with Crippen LogP contribution in [0.1, 0.15) is 5.69 Å². The minimum Gasteiger partial charge on any atom is -0.292 e. The van der Waals surface area contributed by atoms with Crippen molar-refractivity contribution >= 4 is 28.9 Å². The summed E-state index contributed by atoms with van der Waals surface area (Å²) < 4.78 is 0.739. The second-order valence-electron chi connectivity index (χ2n) is 2.97. The zero-order chi connectivity index (χ0) is 10.8. The predicted molar refractivity (Wildman–Crippen MR) is 62.9 cm³/mol. The second kappa shape index (κ2) is 4.14. The Hall–Kier alpha value is -1.17. The number of nitrogen functional groups attached to an aromatic ring is 1. The second-order valence-corrected chi connectivity index (χ2v) is 4.68. The summed E-state index contributed by atoms with van der Waals surface area (Å²) >= 11 is 7.33. The van der Waals surface area contributed by atoms with E-state index in [4.69, 9.17) is 17.4 Å². The lowest BCUT2D eigenvalue weighted by Crippen LogP contribution is -2.11. The van der Waals surface area contributed by atoms with E-state index in [1.807, 2.05) is 25.1 Å². The molecule has 0 spiro atoms. The van der Waals surface area contributed by atoms with E-state index in [1.54, 1.807) is 0 Å². The first-order chi connectivity index (χ1) is 7.19. The summed E-state index contributed by atoms with van der Waals surface area (Å²) in [6.07, 6.45) is 0. The fourth-order valence-electron chi connectivity index (χ4n) is 1.21. The van der Waals surface area contributed by atoms with Gasteiger partial charge in [-0.15, -0.1) is 11.3 Å². The standard InChI is InChI=1S/C9H9ClN4S/c1-5-4-6(13-9(12-5)14-11)7-2-3-8(10)15-7/h2-4H,11H2,1H3,(H,12,13,14). The number of hydrazine groups is 1. The Morgan fingerprint density at radius 2 is 2.20 bits per heavy atom. The minimum absolute atomic E-state index is 0.412.